The van der Waals surface area contributed by atoms with Crippen molar-refractivity contribution in [2.75, 3.05) is 39.8 Å². The largest absolute Gasteiger partial charge is 0.370 e. The van der Waals surface area contributed by atoms with Gasteiger partial charge < -0.3 is 16.0 Å². The molecule has 0 aromatic carbocycles. The van der Waals surface area contributed by atoms with Crippen molar-refractivity contribution in [3.05, 3.63) is 0 Å². The minimum Gasteiger partial charge on any atom is -0.370 e. The molecule has 3 N–H and O–H groups in total. The predicted octanol–water partition coefficient (Wildman–Crippen LogP) is 1.02. The van der Waals surface area contributed by atoms with E-state index in [2.05, 4.69) is 27.0 Å². The number of piperidine rings is 1. The maximum Gasteiger partial charge on any atom is 0.217 e. The smallest absolute Gasteiger partial charge is 0.217 e. The zero-order valence-corrected chi connectivity index (χ0v) is 14.8. The molecule has 2 aliphatic heterocycles. The molecule has 6 heteroatoms. The topological polar surface area (TPSA) is 74.0 Å². The summed E-state index contributed by atoms with van der Waals surface area (Å²) in [6.07, 6.45) is 6.48. The monoisotopic (exact) mass is 323 g/mol. The number of carbonyl (C=O) groups excluding carboxylic acids is 1. The molecule has 0 bridgehead atoms. The first-order valence-electron chi connectivity index (χ1n) is 9.12. The number of aliphatic imine (C=N–C) groups is 1. The summed E-state index contributed by atoms with van der Waals surface area (Å²) in [5.41, 5.74) is 5.35. The lowest BCUT2D eigenvalue weighted by atomic mass is 9.95. The van der Waals surface area contributed by atoms with Gasteiger partial charge in [0.2, 0.25) is 5.91 Å². The van der Waals surface area contributed by atoms with Crippen LogP contribution in [0.25, 0.3) is 0 Å². The van der Waals surface area contributed by atoms with Crippen LogP contribution in [0.15, 0.2) is 4.99 Å². The maximum absolute atomic E-state index is 11.2. The van der Waals surface area contributed by atoms with E-state index in [0.29, 0.717) is 18.4 Å². The molecule has 2 heterocycles. The zero-order chi connectivity index (χ0) is 16.7. The molecule has 0 spiro atoms. The van der Waals surface area contributed by atoms with Gasteiger partial charge in [0.1, 0.15) is 0 Å². The Balaban J connectivity index is 1.85. The average Bonchev–Trinajstić information content (AvgIpc) is 3.05. The summed E-state index contributed by atoms with van der Waals surface area (Å²) in [5, 5.41) is 3.56. The summed E-state index contributed by atoms with van der Waals surface area (Å²) in [4.78, 5) is 20.5. The Morgan fingerprint density at radius 3 is 2.65 bits per heavy atom. The maximum atomic E-state index is 11.2. The summed E-state index contributed by atoms with van der Waals surface area (Å²) in [7, 11) is 1.84. The van der Waals surface area contributed by atoms with Gasteiger partial charge in [0.05, 0.1) is 0 Å². The van der Waals surface area contributed by atoms with Crippen LogP contribution in [0.5, 0.6) is 0 Å². The van der Waals surface area contributed by atoms with E-state index in [0.717, 1.165) is 44.9 Å². The molecule has 0 saturated carbocycles. The van der Waals surface area contributed by atoms with E-state index in [1.54, 1.807) is 0 Å². The number of primary amides is 1. The lowest BCUT2D eigenvalue weighted by Gasteiger charge is -2.36. The highest BCUT2D eigenvalue weighted by Crippen LogP contribution is 2.19. The number of nitrogens with zero attached hydrogens (tertiary/aromatic N) is 3. The first-order chi connectivity index (χ1) is 11.1. The van der Waals surface area contributed by atoms with Crippen LogP contribution in [0.4, 0.5) is 0 Å². The van der Waals surface area contributed by atoms with Crippen LogP contribution in [0.2, 0.25) is 0 Å². The van der Waals surface area contributed by atoms with Crippen molar-refractivity contribution in [2.45, 2.75) is 51.5 Å². The van der Waals surface area contributed by atoms with E-state index in [-0.39, 0.29) is 5.91 Å². The minimum atomic E-state index is -0.195. The second-order valence-corrected chi connectivity index (χ2v) is 6.86. The highest BCUT2D eigenvalue weighted by atomic mass is 16.1. The SMILES string of the molecule is CCC(CNC(=NC)N1CCCC(CC(N)=O)C1)N1CCCC1. The standard InChI is InChI=1S/C17H33N5O/c1-3-15(21-8-4-5-9-21)12-20-17(19-2)22-10-6-7-14(13-22)11-16(18)23/h14-15H,3-13H2,1-2H3,(H2,18,23)(H,19,20). The van der Waals surface area contributed by atoms with Gasteiger partial charge in [0, 0.05) is 39.1 Å². The van der Waals surface area contributed by atoms with Crippen molar-refractivity contribution in [1.29, 1.82) is 0 Å². The molecule has 1 amide bonds. The van der Waals surface area contributed by atoms with Crippen LogP contribution in [0.1, 0.15) is 45.4 Å². The average molecular weight is 323 g/mol. The van der Waals surface area contributed by atoms with E-state index in [1.807, 2.05) is 7.05 Å². The van der Waals surface area contributed by atoms with Crippen molar-refractivity contribution in [2.24, 2.45) is 16.6 Å². The van der Waals surface area contributed by atoms with Crippen molar-refractivity contribution in [3.8, 4) is 0 Å². The summed E-state index contributed by atoms with van der Waals surface area (Å²) in [6.45, 7) is 7.54. The molecule has 0 radical (unpaired) electrons. The number of nitrogens with two attached hydrogens (primary N) is 1. The lowest BCUT2D eigenvalue weighted by Crippen LogP contribution is -2.50. The van der Waals surface area contributed by atoms with Gasteiger partial charge in [-0.1, -0.05) is 6.92 Å². The molecule has 0 aromatic rings. The Hall–Kier alpha value is -1.30. The van der Waals surface area contributed by atoms with E-state index >= 15 is 0 Å². The summed E-state index contributed by atoms with van der Waals surface area (Å²) in [6, 6.07) is 0.584. The number of rotatable bonds is 6. The molecule has 2 rings (SSSR count). The first-order valence-corrected chi connectivity index (χ1v) is 9.12. The van der Waals surface area contributed by atoms with E-state index in [1.165, 1.54) is 25.9 Å². The van der Waals surface area contributed by atoms with Crippen molar-refractivity contribution < 1.29 is 4.79 Å². The molecule has 6 nitrogen and oxygen atoms in total. The summed E-state index contributed by atoms with van der Waals surface area (Å²) >= 11 is 0. The number of hydrogen-bond acceptors (Lipinski definition) is 3. The molecule has 2 atom stereocenters. The van der Waals surface area contributed by atoms with Gasteiger partial charge in [-0.3, -0.25) is 14.7 Å². The number of nitrogens with one attached hydrogen (secondary N) is 1. The Bertz CT molecular complexity index is 406. The highest BCUT2D eigenvalue weighted by Gasteiger charge is 2.25. The van der Waals surface area contributed by atoms with Crippen molar-refractivity contribution in [3.63, 3.8) is 0 Å². The number of carbonyl (C=O) groups is 1. The molecular formula is C17H33N5O. The molecule has 23 heavy (non-hydrogen) atoms. The number of hydrogen-bond donors (Lipinski definition) is 2. The van der Waals surface area contributed by atoms with Crippen LogP contribution in [-0.2, 0) is 4.79 Å². The van der Waals surface area contributed by atoms with Gasteiger partial charge >= 0.3 is 0 Å². The minimum absolute atomic E-state index is 0.195. The van der Waals surface area contributed by atoms with E-state index in [4.69, 9.17) is 5.73 Å². The third-order valence-corrected chi connectivity index (χ3v) is 5.14. The predicted molar refractivity (Wildman–Crippen MR) is 94.4 cm³/mol. The second-order valence-electron chi connectivity index (χ2n) is 6.86. The molecule has 2 aliphatic rings. The number of amides is 1. The summed E-state index contributed by atoms with van der Waals surface area (Å²) in [5.74, 6) is 1.14. The number of likely N-dealkylation sites (tertiary alicyclic amines) is 2. The quantitative estimate of drug-likeness (QED) is 0.565. The van der Waals surface area contributed by atoms with Crippen LogP contribution in [0.3, 0.4) is 0 Å². The third kappa shape index (κ3) is 5.37. The van der Waals surface area contributed by atoms with Gasteiger partial charge in [0.15, 0.2) is 5.96 Å². The first kappa shape index (κ1) is 18.0. The molecular weight excluding hydrogens is 290 g/mol. The van der Waals surface area contributed by atoms with Gasteiger partial charge in [-0.2, -0.15) is 0 Å². The Morgan fingerprint density at radius 1 is 1.30 bits per heavy atom. The van der Waals surface area contributed by atoms with Crippen molar-refractivity contribution in [1.82, 2.24) is 15.1 Å². The lowest BCUT2D eigenvalue weighted by molar-refractivity contribution is -0.119. The normalized spacial score (nSPS) is 24.7. The fraction of sp³-hybridized carbons (Fsp3) is 0.882. The molecule has 2 fully saturated rings. The van der Waals surface area contributed by atoms with E-state index in [9.17, 15) is 4.79 Å². The Kier molecular flexibility index (Phi) is 7.15. The summed E-state index contributed by atoms with van der Waals surface area (Å²) < 4.78 is 0. The van der Waals surface area contributed by atoms with Gasteiger partial charge in [-0.15, -0.1) is 0 Å². The number of guanidine groups is 1. The Labute approximate surface area is 140 Å². The van der Waals surface area contributed by atoms with E-state index < -0.39 is 0 Å². The zero-order valence-electron chi connectivity index (χ0n) is 14.8. The van der Waals surface area contributed by atoms with Crippen LogP contribution >= 0.6 is 0 Å². The third-order valence-electron chi connectivity index (χ3n) is 5.14. The Morgan fingerprint density at radius 2 is 2.04 bits per heavy atom. The van der Waals surface area contributed by atoms with Crippen molar-refractivity contribution >= 4 is 11.9 Å². The van der Waals surface area contributed by atoms with Crippen LogP contribution in [0, 0.1) is 5.92 Å². The fourth-order valence-corrected chi connectivity index (χ4v) is 3.89. The van der Waals surface area contributed by atoms with Crippen LogP contribution < -0.4 is 11.1 Å². The molecule has 132 valence electrons. The fourth-order valence-electron chi connectivity index (χ4n) is 3.89. The molecule has 0 aromatic heterocycles. The van der Waals surface area contributed by atoms with Gasteiger partial charge in [-0.25, -0.2) is 0 Å². The molecule has 0 aliphatic carbocycles. The second kappa shape index (κ2) is 9.11. The van der Waals surface area contributed by atoms with Crippen LogP contribution in [-0.4, -0.2) is 67.5 Å². The van der Waals surface area contributed by atoms with Gasteiger partial charge in [-0.05, 0) is 51.1 Å². The molecule has 2 saturated heterocycles. The molecule has 2 unspecified atom stereocenters. The van der Waals surface area contributed by atoms with Gasteiger partial charge in [0.25, 0.3) is 0 Å². The highest BCUT2D eigenvalue weighted by molar-refractivity contribution is 5.80.